The van der Waals surface area contributed by atoms with Crippen molar-refractivity contribution in [2.24, 2.45) is 0 Å². The number of phenolic OH excluding ortho intramolecular Hbond substituents is 1. The summed E-state index contributed by atoms with van der Waals surface area (Å²) in [5.41, 5.74) is 3.56. The molecule has 1 unspecified atom stereocenters. The third kappa shape index (κ3) is 6.28. The molecule has 1 N–H and O–H groups in total. The first-order valence-corrected chi connectivity index (χ1v) is 12.8. The number of ether oxygens (including phenoxy) is 3. The molecule has 0 spiro atoms. The Morgan fingerprint density at radius 3 is 2.54 bits per heavy atom. The Balaban J connectivity index is 1.50. The molecular weight excluding hydrogens is 464 g/mol. The van der Waals surface area contributed by atoms with Gasteiger partial charge >= 0.3 is 0 Å². The lowest BCUT2D eigenvalue weighted by molar-refractivity contribution is 0.0934. The molecule has 1 atom stereocenters. The number of nitrogens with zero attached hydrogens (tertiary/aromatic N) is 4. The topological polar surface area (TPSA) is 81.9 Å². The van der Waals surface area contributed by atoms with Crippen molar-refractivity contribution in [3.63, 3.8) is 0 Å². The molecule has 35 heavy (non-hydrogen) atoms. The fourth-order valence-electron chi connectivity index (χ4n) is 4.28. The molecule has 1 aliphatic heterocycles. The first-order valence-electron chi connectivity index (χ1n) is 11.8. The SMILES string of the molecule is COc1cc(CN(C)Cc2nnc(SCc3ccccc3C)n2CC2CCCO2)cc(OC)c1O. The average molecular weight is 499 g/mol. The van der Waals surface area contributed by atoms with Crippen molar-refractivity contribution in [3.8, 4) is 17.2 Å². The smallest absolute Gasteiger partial charge is 0.200 e. The number of aromatic hydroxyl groups is 1. The molecule has 4 rings (SSSR count). The molecule has 2 aromatic carbocycles. The van der Waals surface area contributed by atoms with E-state index in [2.05, 4.69) is 50.9 Å². The molecule has 188 valence electrons. The first kappa shape index (κ1) is 25.3. The number of thioether (sulfide) groups is 1. The van der Waals surface area contributed by atoms with Crippen molar-refractivity contribution in [3.05, 3.63) is 58.9 Å². The minimum absolute atomic E-state index is 0.00743. The van der Waals surface area contributed by atoms with Crippen LogP contribution in [0.15, 0.2) is 41.6 Å². The Kier molecular flexibility index (Phi) is 8.54. The summed E-state index contributed by atoms with van der Waals surface area (Å²) in [6.07, 6.45) is 2.35. The fourth-order valence-corrected chi connectivity index (χ4v) is 5.32. The molecule has 1 saturated heterocycles. The number of rotatable bonds is 11. The molecule has 2 heterocycles. The van der Waals surface area contributed by atoms with Gasteiger partial charge in [0.25, 0.3) is 0 Å². The predicted molar refractivity (Wildman–Crippen MR) is 136 cm³/mol. The number of hydrogen-bond donors (Lipinski definition) is 1. The van der Waals surface area contributed by atoms with Gasteiger partial charge in [-0.1, -0.05) is 36.0 Å². The van der Waals surface area contributed by atoms with E-state index in [0.29, 0.717) is 24.6 Å². The van der Waals surface area contributed by atoms with Crippen LogP contribution in [0.5, 0.6) is 17.2 Å². The molecule has 0 saturated carbocycles. The van der Waals surface area contributed by atoms with Gasteiger partial charge in [0.1, 0.15) is 5.82 Å². The summed E-state index contributed by atoms with van der Waals surface area (Å²) in [5.74, 6) is 2.55. The molecule has 3 aromatic rings. The van der Waals surface area contributed by atoms with E-state index in [1.165, 1.54) is 25.3 Å². The van der Waals surface area contributed by atoms with Gasteiger partial charge in [0.15, 0.2) is 16.7 Å². The van der Waals surface area contributed by atoms with Crippen LogP contribution in [-0.4, -0.2) is 58.7 Å². The third-order valence-electron chi connectivity index (χ3n) is 6.23. The number of phenols is 1. The van der Waals surface area contributed by atoms with Gasteiger partial charge in [0.2, 0.25) is 5.75 Å². The van der Waals surface area contributed by atoms with E-state index in [1.807, 2.05) is 19.2 Å². The van der Waals surface area contributed by atoms with Crippen molar-refractivity contribution >= 4 is 11.8 Å². The number of benzene rings is 2. The molecule has 0 aliphatic carbocycles. The van der Waals surface area contributed by atoms with E-state index in [1.54, 1.807) is 11.8 Å². The number of aryl methyl sites for hydroxylation is 1. The van der Waals surface area contributed by atoms with Crippen molar-refractivity contribution < 1.29 is 19.3 Å². The standard InChI is InChI=1S/C26H34N4O4S/c1-18-8-5-6-9-20(18)17-35-26-28-27-24(30(26)15-21-10-7-11-34-21)16-29(2)14-19-12-22(32-3)25(31)23(13-19)33-4/h5-6,8-9,12-13,21,31H,7,10-11,14-17H2,1-4H3. The second kappa shape index (κ2) is 11.8. The van der Waals surface area contributed by atoms with Gasteiger partial charge in [-0.05, 0) is 55.6 Å². The van der Waals surface area contributed by atoms with Crippen LogP contribution in [0.2, 0.25) is 0 Å². The van der Waals surface area contributed by atoms with E-state index < -0.39 is 0 Å². The number of hydrogen-bond acceptors (Lipinski definition) is 8. The monoisotopic (exact) mass is 498 g/mol. The van der Waals surface area contributed by atoms with E-state index in [-0.39, 0.29) is 11.9 Å². The van der Waals surface area contributed by atoms with Crippen molar-refractivity contribution in [1.29, 1.82) is 0 Å². The maximum Gasteiger partial charge on any atom is 0.200 e. The summed E-state index contributed by atoms with van der Waals surface area (Å²) in [5, 5.41) is 20.2. The summed E-state index contributed by atoms with van der Waals surface area (Å²) >= 11 is 1.72. The quantitative estimate of drug-likeness (QED) is 0.389. The minimum atomic E-state index is 0.00743. The minimum Gasteiger partial charge on any atom is -0.502 e. The van der Waals surface area contributed by atoms with Crippen LogP contribution in [0.25, 0.3) is 0 Å². The zero-order valence-electron chi connectivity index (χ0n) is 20.9. The normalized spacial score (nSPS) is 15.6. The van der Waals surface area contributed by atoms with Crippen molar-refractivity contribution in [2.75, 3.05) is 27.9 Å². The second-order valence-corrected chi connectivity index (χ2v) is 9.82. The third-order valence-corrected chi connectivity index (χ3v) is 7.24. The molecule has 1 aromatic heterocycles. The highest BCUT2D eigenvalue weighted by atomic mass is 32.2. The Morgan fingerprint density at radius 1 is 1.14 bits per heavy atom. The highest BCUT2D eigenvalue weighted by Gasteiger charge is 2.22. The Morgan fingerprint density at radius 2 is 1.89 bits per heavy atom. The molecule has 0 bridgehead atoms. The van der Waals surface area contributed by atoms with Crippen molar-refractivity contribution in [1.82, 2.24) is 19.7 Å². The zero-order chi connectivity index (χ0) is 24.8. The fraction of sp³-hybridized carbons (Fsp3) is 0.462. The zero-order valence-corrected chi connectivity index (χ0v) is 21.7. The molecule has 1 aliphatic rings. The second-order valence-electron chi connectivity index (χ2n) is 8.88. The lowest BCUT2D eigenvalue weighted by atomic mass is 10.1. The number of aromatic nitrogens is 3. The molecule has 0 radical (unpaired) electrons. The summed E-state index contributed by atoms with van der Waals surface area (Å²) in [6.45, 7) is 4.97. The van der Waals surface area contributed by atoms with Crippen LogP contribution in [0.3, 0.4) is 0 Å². The van der Waals surface area contributed by atoms with E-state index in [0.717, 1.165) is 48.3 Å². The molecule has 1 fully saturated rings. The van der Waals surface area contributed by atoms with Gasteiger partial charge in [0, 0.05) is 18.9 Å². The van der Waals surface area contributed by atoms with E-state index in [4.69, 9.17) is 14.2 Å². The maximum absolute atomic E-state index is 10.2. The van der Waals surface area contributed by atoms with Crippen LogP contribution in [-0.2, 0) is 30.1 Å². The van der Waals surface area contributed by atoms with Crippen LogP contribution < -0.4 is 9.47 Å². The highest BCUT2D eigenvalue weighted by molar-refractivity contribution is 7.98. The van der Waals surface area contributed by atoms with Crippen LogP contribution in [0, 0.1) is 6.92 Å². The largest absolute Gasteiger partial charge is 0.502 e. The average Bonchev–Trinajstić information content (AvgIpc) is 3.50. The Hall–Kier alpha value is -2.75. The summed E-state index contributed by atoms with van der Waals surface area (Å²) in [6, 6.07) is 12.1. The van der Waals surface area contributed by atoms with E-state index >= 15 is 0 Å². The molecule has 9 heteroatoms. The summed E-state index contributed by atoms with van der Waals surface area (Å²) in [7, 11) is 5.11. The molecule has 0 amide bonds. The Bertz CT molecular complexity index is 1110. The predicted octanol–water partition coefficient (Wildman–Crippen LogP) is 4.41. The molecular formula is C26H34N4O4S. The van der Waals surface area contributed by atoms with Gasteiger partial charge < -0.3 is 23.9 Å². The number of methoxy groups -OCH3 is 2. The van der Waals surface area contributed by atoms with Gasteiger partial charge in [-0.2, -0.15) is 0 Å². The van der Waals surface area contributed by atoms with Gasteiger partial charge in [-0.15, -0.1) is 10.2 Å². The summed E-state index contributed by atoms with van der Waals surface area (Å²) in [4.78, 5) is 2.16. The van der Waals surface area contributed by atoms with Crippen LogP contribution in [0.4, 0.5) is 0 Å². The van der Waals surface area contributed by atoms with Crippen molar-refractivity contribution in [2.45, 2.75) is 56.4 Å². The van der Waals surface area contributed by atoms with E-state index in [9.17, 15) is 5.11 Å². The molecule has 8 nitrogen and oxygen atoms in total. The van der Waals surface area contributed by atoms with Crippen LogP contribution >= 0.6 is 11.8 Å². The van der Waals surface area contributed by atoms with Gasteiger partial charge in [0.05, 0.1) is 33.4 Å². The van der Waals surface area contributed by atoms with Gasteiger partial charge in [-0.25, -0.2) is 0 Å². The lowest BCUT2D eigenvalue weighted by Crippen LogP contribution is -2.23. The van der Waals surface area contributed by atoms with Gasteiger partial charge in [-0.3, -0.25) is 4.90 Å². The summed E-state index contributed by atoms with van der Waals surface area (Å²) < 4.78 is 18.8. The lowest BCUT2D eigenvalue weighted by Gasteiger charge is -2.20. The first-order chi connectivity index (χ1) is 17.0. The highest BCUT2D eigenvalue weighted by Crippen LogP contribution is 2.37. The maximum atomic E-state index is 10.2. The van der Waals surface area contributed by atoms with Crippen LogP contribution in [0.1, 0.15) is 35.4 Å². The Labute approximate surface area is 211 Å².